The molecule has 0 atom stereocenters. The van der Waals surface area contributed by atoms with E-state index in [4.69, 9.17) is 16.3 Å². The monoisotopic (exact) mass is 343 g/mol. The summed E-state index contributed by atoms with van der Waals surface area (Å²) in [6.45, 7) is 0. The van der Waals surface area contributed by atoms with E-state index < -0.39 is 0 Å². The highest BCUT2D eigenvalue weighted by molar-refractivity contribution is 7.17. The van der Waals surface area contributed by atoms with Crippen LogP contribution in [0.3, 0.4) is 0 Å². The van der Waals surface area contributed by atoms with Gasteiger partial charge in [-0.2, -0.15) is 0 Å². The minimum atomic E-state index is -0.183. The van der Waals surface area contributed by atoms with Gasteiger partial charge in [0.15, 0.2) is 0 Å². The van der Waals surface area contributed by atoms with Gasteiger partial charge in [0.1, 0.15) is 5.75 Å². The fourth-order valence-corrected chi connectivity index (χ4v) is 3.26. The van der Waals surface area contributed by atoms with Crippen LogP contribution in [-0.4, -0.2) is 13.0 Å². The Kier molecular flexibility index (Phi) is 4.65. The lowest BCUT2D eigenvalue weighted by molar-refractivity contribution is 0.103. The molecule has 0 saturated carbocycles. The van der Waals surface area contributed by atoms with Crippen LogP contribution in [0.25, 0.3) is 10.4 Å². The van der Waals surface area contributed by atoms with Gasteiger partial charge in [-0.05, 0) is 35.9 Å². The van der Waals surface area contributed by atoms with E-state index in [-0.39, 0.29) is 5.91 Å². The molecule has 0 spiro atoms. The first-order chi connectivity index (χ1) is 11.2. The van der Waals surface area contributed by atoms with E-state index >= 15 is 0 Å². The van der Waals surface area contributed by atoms with E-state index in [1.807, 2.05) is 42.5 Å². The van der Waals surface area contributed by atoms with Gasteiger partial charge in [0.2, 0.25) is 0 Å². The van der Waals surface area contributed by atoms with Crippen LogP contribution in [0.5, 0.6) is 5.75 Å². The highest BCUT2D eigenvalue weighted by Gasteiger charge is 2.13. The molecule has 116 valence electrons. The molecule has 0 saturated heterocycles. The molecule has 23 heavy (non-hydrogen) atoms. The number of benzene rings is 2. The maximum absolute atomic E-state index is 12.4. The van der Waals surface area contributed by atoms with Crippen LogP contribution >= 0.6 is 22.9 Å². The summed E-state index contributed by atoms with van der Waals surface area (Å²) in [5.74, 6) is 0.389. The minimum Gasteiger partial charge on any atom is -0.495 e. The molecule has 3 rings (SSSR count). The number of ether oxygens (including phenoxy) is 1. The van der Waals surface area contributed by atoms with Crippen LogP contribution in [0.15, 0.2) is 60.7 Å². The molecule has 0 radical (unpaired) electrons. The third kappa shape index (κ3) is 3.55. The summed E-state index contributed by atoms with van der Waals surface area (Å²) in [5, 5.41) is 3.38. The van der Waals surface area contributed by atoms with Gasteiger partial charge in [0, 0.05) is 9.90 Å². The average Bonchev–Trinajstić information content (AvgIpc) is 3.06. The zero-order chi connectivity index (χ0) is 16.2. The Morgan fingerprint density at radius 2 is 1.87 bits per heavy atom. The maximum atomic E-state index is 12.4. The van der Waals surface area contributed by atoms with E-state index in [1.165, 1.54) is 11.3 Å². The normalized spacial score (nSPS) is 10.3. The number of anilines is 1. The van der Waals surface area contributed by atoms with Gasteiger partial charge in [-0.15, -0.1) is 11.3 Å². The lowest BCUT2D eigenvalue weighted by atomic mass is 10.2. The highest BCUT2D eigenvalue weighted by Crippen LogP contribution is 2.31. The van der Waals surface area contributed by atoms with Crippen LogP contribution in [0, 0.1) is 0 Å². The van der Waals surface area contributed by atoms with Crippen molar-refractivity contribution in [3.8, 4) is 16.2 Å². The summed E-state index contributed by atoms with van der Waals surface area (Å²) in [7, 11) is 1.55. The molecule has 0 aliphatic heterocycles. The maximum Gasteiger partial charge on any atom is 0.265 e. The molecule has 0 bridgehead atoms. The topological polar surface area (TPSA) is 38.3 Å². The molecule has 1 amide bonds. The van der Waals surface area contributed by atoms with E-state index in [1.54, 1.807) is 25.3 Å². The molecule has 1 N–H and O–H groups in total. The number of amides is 1. The summed E-state index contributed by atoms with van der Waals surface area (Å²) < 4.78 is 5.24. The number of methoxy groups -OCH3 is 1. The average molecular weight is 344 g/mol. The molecule has 3 aromatic rings. The molecule has 0 aliphatic rings. The second-order valence-corrected chi connectivity index (χ2v) is 6.35. The summed E-state index contributed by atoms with van der Waals surface area (Å²) >= 11 is 7.43. The van der Waals surface area contributed by atoms with E-state index in [9.17, 15) is 4.79 Å². The van der Waals surface area contributed by atoms with Crippen molar-refractivity contribution in [1.82, 2.24) is 0 Å². The van der Waals surface area contributed by atoms with Crippen molar-refractivity contribution < 1.29 is 9.53 Å². The molecule has 0 fully saturated rings. The molecule has 1 aromatic heterocycles. The van der Waals surface area contributed by atoms with Crippen molar-refractivity contribution in [3.63, 3.8) is 0 Å². The molecule has 3 nitrogen and oxygen atoms in total. The smallest absolute Gasteiger partial charge is 0.265 e. The fourth-order valence-electron chi connectivity index (χ4n) is 2.18. The van der Waals surface area contributed by atoms with Crippen molar-refractivity contribution in [2.24, 2.45) is 0 Å². The minimum absolute atomic E-state index is 0.183. The van der Waals surface area contributed by atoms with Gasteiger partial charge in [0.05, 0.1) is 17.7 Å². The Morgan fingerprint density at radius 3 is 2.61 bits per heavy atom. The molecule has 5 heteroatoms. The number of halogens is 1. The third-order valence-corrected chi connectivity index (χ3v) is 4.67. The van der Waals surface area contributed by atoms with Gasteiger partial charge in [0.25, 0.3) is 5.91 Å². The van der Waals surface area contributed by atoms with Gasteiger partial charge >= 0.3 is 0 Å². The van der Waals surface area contributed by atoms with E-state index in [0.717, 1.165) is 10.4 Å². The largest absolute Gasteiger partial charge is 0.495 e. The fraction of sp³-hybridized carbons (Fsp3) is 0.0556. The number of nitrogens with one attached hydrogen (secondary N) is 1. The first-order valence-electron chi connectivity index (χ1n) is 6.97. The predicted octanol–water partition coefficient (Wildman–Crippen LogP) is 5.33. The van der Waals surface area contributed by atoms with E-state index in [0.29, 0.717) is 21.3 Å². The molecular formula is C18H14ClNO2S. The summed E-state index contributed by atoms with van der Waals surface area (Å²) in [4.78, 5) is 14.1. The number of carbonyl (C=O) groups is 1. The molecule has 1 heterocycles. The van der Waals surface area contributed by atoms with Crippen LogP contribution in [0.2, 0.25) is 5.02 Å². The van der Waals surface area contributed by atoms with Crippen LogP contribution in [0.1, 0.15) is 9.67 Å². The number of thiophene rings is 1. The Balaban J connectivity index is 1.82. The van der Waals surface area contributed by atoms with Crippen molar-refractivity contribution in [2.45, 2.75) is 0 Å². The van der Waals surface area contributed by atoms with Gasteiger partial charge in [-0.25, -0.2) is 0 Å². The number of hydrogen-bond acceptors (Lipinski definition) is 3. The Bertz CT molecular complexity index is 830. The first kappa shape index (κ1) is 15.6. The molecule has 0 aliphatic carbocycles. The van der Waals surface area contributed by atoms with E-state index in [2.05, 4.69) is 5.32 Å². The van der Waals surface area contributed by atoms with Crippen molar-refractivity contribution in [3.05, 3.63) is 70.6 Å². The van der Waals surface area contributed by atoms with Crippen LogP contribution < -0.4 is 10.1 Å². The Morgan fingerprint density at radius 1 is 1.09 bits per heavy atom. The quantitative estimate of drug-likeness (QED) is 0.695. The number of hydrogen-bond donors (Lipinski definition) is 1. The SMILES string of the molecule is COc1ccc(Cl)cc1NC(=O)c1ccc(-c2ccccc2)s1. The Labute approximate surface area is 143 Å². The van der Waals surface area contributed by atoms with Crippen molar-refractivity contribution >= 4 is 34.5 Å². The number of rotatable bonds is 4. The lowest BCUT2D eigenvalue weighted by Crippen LogP contribution is -2.11. The van der Waals surface area contributed by atoms with Gasteiger partial charge < -0.3 is 10.1 Å². The number of carbonyl (C=O) groups excluding carboxylic acids is 1. The zero-order valence-electron chi connectivity index (χ0n) is 12.4. The van der Waals surface area contributed by atoms with Gasteiger partial charge in [-0.3, -0.25) is 4.79 Å². The second-order valence-electron chi connectivity index (χ2n) is 4.83. The van der Waals surface area contributed by atoms with Crippen molar-refractivity contribution in [1.29, 1.82) is 0 Å². The standard InChI is InChI=1S/C18H14ClNO2S/c1-22-15-8-7-13(19)11-14(15)20-18(21)17-10-9-16(23-17)12-5-3-2-4-6-12/h2-11H,1H3,(H,20,21). The second kappa shape index (κ2) is 6.86. The summed E-state index contributed by atoms with van der Waals surface area (Å²) in [6.07, 6.45) is 0. The van der Waals surface area contributed by atoms with Crippen LogP contribution in [0.4, 0.5) is 5.69 Å². The van der Waals surface area contributed by atoms with Crippen LogP contribution in [-0.2, 0) is 0 Å². The summed E-state index contributed by atoms with van der Waals surface area (Å²) in [5.41, 5.74) is 1.65. The zero-order valence-corrected chi connectivity index (χ0v) is 13.9. The first-order valence-corrected chi connectivity index (χ1v) is 8.17. The molecular weight excluding hydrogens is 330 g/mol. The molecule has 2 aromatic carbocycles. The highest BCUT2D eigenvalue weighted by atomic mass is 35.5. The third-order valence-electron chi connectivity index (χ3n) is 3.30. The lowest BCUT2D eigenvalue weighted by Gasteiger charge is -2.09. The molecule has 0 unspecified atom stereocenters. The van der Waals surface area contributed by atoms with Gasteiger partial charge in [-0.1, -0.05) is 41.9 Å². The Hall–Kier alpha value is -2.30. The predicted molar refractivity (Wildman–Crippen MR) is 95.7 cm³/mol. The van der Waals surface area contributed by atoms with Crippen molar-refractivity contribution in [2.75, 3.05) is 12.4 Å². The summed E-state index contributed by atoms with van der Waals surface area (Å²) in [6, 6.07) is 18.8.